The van der Waals surface area contributed by atoms with Crippen LogP contribution in [-0.2, 0) is 9.53 Å². The number of carbonyl (C=O) groups is 1. The first kappa shape index (κ1) is 13.8. The third-order valence-corrected chi connectivity index (χ3v) is 2.55. The van der Waals surface area contributed by atoms with Gasteiger partial charge in [0, 0.05) is 0 Å². The first-order valence-corrected chi connectivity index (χ1v) is 6.85. The highest BCUT2D eigenvalue weighted by Gasteiger charge is 1.99. The molecule has 14 heavy (non-hydrogen) atoms. The summed E-state index contributed by atoms with van der Waals surface area (Å²) in [5.41, 5.74) is 0. The molecule has 0 fully saturated rings. The Balaban J connectivity index is 3.01. The summed E-state index contributed by atoms with van der Waals surface area (Å²) in [7, 11) is 0. The van der Waals surface area contributed by atoms with Gasteiger partial charge in [-0.05, 0) is 12.7 Å². The van der Waals surface area contributed by atoms with Crippen LogP contribution in [0.15, 0.2) is 0 Å². The van der Waals surface area contributed by atoms with Gasteiger partial charge in [0.2, 0.25) is 0 Å². The Hall–Kier alpha value is -0.180. The summed E-state index contributed by atoms with van der Waals surface area (Å²) >= 11 is 1.51. The quantitative estimate of drug-likeness (QED) is 0.439. The molecule has 3 heteroatoms. The molecule has 0 amide bonds. The van der Waals surface area contributed by atoms with Crippen LogP contribution in [-0.4, -0.2) is 24.6 Å². The van der Waals surface area contributed by atoms with E-state index < -0.39 is 0 Å². The molecule has 0 aromatic carbocycles. The molecule has 0 aromatic rings. The van der Waals surface area contributed by atoms with Crippen molar-refractivity contribution in [1.29, 1.82) is 0 Å². The maximum absolute atomic E-state index is 10.9. The Morgan fingerprint density at radius 1 is 1.14 bits per heavy atom. The molecule has 2 nitrogen and oxygen atoms in total. The predicted molar refractivity (Wildman–Crippen MR) is 62.7 cm³/mol. The lowest BCUT2D eigenvalue weighted by molar-refractivity contribution is -0.140. The number of rotatable bonds is 9. The zero-order chi connectivity index (χ0) is 10.6. The first-order valence-electron chi connectivity index (χ1n) is 5.45. The number of ether oxygens (including phenoxy) is 1. The zero-order valence-corrected chi connectivity index (χ0v) is 10.2. The van der Waals surface area contributed by atoms with E-state index in [1.807, 2.05) is 6.26 Å². The third-order valence-electron chi connectivity index (χ3n) is 2.02. The van der Waals surface area contributed by atoms with Gasteiger partial charge in [-0.3, -0.25) is 4.79 Å². The SMILES string of the molecule is CCCCCCCCOC(=O)CSC. The maximum Gasteiger partial charge on any atom is 0.315 e. The van der Waals surface area contributed by atoms with Crippen molar-refractivity contribution in [3.05, 3.63) is 0 Å². The van der Waals surface area contributed by atoms with Gasteiger partial charge >= 0.3 is 5.97 Å². The minimum absolute atomic E-state index is 0.0777. The van der Waals surface area contributed by atoms with Crippen LogP contribution in [0, 0.1) is 0 Å². The van der Waals surface area contributed by atoms with Crippen LogP contribution in [0.3, 0.4) is 0 Å². The predicted octanol–water partition coefficient (Wildman–Crippen LogP) is 3.25. The second-order valence-corrected chi connectivity index (χ2v) is 4.29. The van der Waals surface area contributed by atoms with Gasteiger partial charge in [-0.15, -0.1) is 0 Å². The van der Waals surface area contributed by atoms with E-state index in [0.29, 0.717) is 12.4 Å². The molecule has 0 bridgehead atoms. The van der Waals surface area contributed by atoms with Crippen molar-refractivity contribution in [3.8, 4) is 0 Å². The minimum atomic E-state index is -0.0777. The van der Waals surface area contributed by atoms with E-state index in [2.05, 4.69) is 6.92 Å². The second kappa shape index (κ2) is 10.9. The van der Waals surface area contributed by atoms with Crippen LogP contribution in [0.4, 0.5) is 0 Å². The minimum Gasteiger partial charge on any atom is -0.465 e. The molecule has 0 aliphatic rings. The third kappa shape index (κ3) is 9.90. The number of hydrogen-bond donors (Lipinski definition) is 0. The number of carbonyl (C=O) groups excluding carboxylic acids is 1. The smallest absolute Gasteiger partial charge is 0.315 e. The van der Waals surface area contributed by atoms with E-state index in [0.717, 1.165) is 6.42 Å². The van der Waals surface area contributed by atoms with Gasteiger partial charge in [0.05, 0.1) is 12.4 Å². The molecule has 0 heterocycles. The van der Waals surface area contributed by atoms with Crippen molar-refractivity contribution < 1.29 is 9.53 Å². The van der Waals surface area contributed by atoms with Crippen molar-refractivity contribution in [2.24, 2.45) is 0 Å². The van der Waals surface area contributed by atoms with E-state index in [-0.39, 0.29) is 5.97 Å². The highest BCUT2D eigenvalue weighted by atomic mass is 32.2. The normalized spacial score (nSPS) is 10.1. The highest BCUT2D eigenvalue weighted by molar-refractivity contribution is 7.99. The van der Waals surface area contributed by atoms with Crippen molar-refractivity contribution in [3.63, 3.8) is 0 Å². The fourth-order valence-corrected chi connectivity index (χ4v) is 1.55. The van der Waals surface area contributed by atoms with E-state index in [4.69, 9.17) is 4.74 Å². The number of thioether (sulfide) groups is 1. The molecule has 0 saturated carbocycles. The Labute approximate surface area is 91.8 Å². The van der Waals surface area contributed by atoms with Crippen LogP contribution in [0.1, 0.15) is 45.4 Å². The Morgan fingerprint density at radius 3 is 2.43 bits per heavy atom. The summed E-state index contributed by atoms with van der Waals surface area (Å²) in [5.74, 6) is 0.404. The standard InChI is InChI=1S/C11H22O2S/c1-3-4-5-6-7-8-9-13-11(12)10-14-2/h3-10H2,1-2H3. The fraction of sp³-hybridized carbons (Fsp3) is 0.909. The van der Waals surface area contributed by atoms with E-state index in [9.17, 15) is 4.79 Å². The monoisotopic (exact) mass is 218 g/mol. The molecular formula is C11H22O2S. The summed E-state index contributed by atoms with van der Waals surface area (Å²) in [5, 5.41) is 0. The van der Waals surface area contributed by atoms with Gasteiger partial charge in [0.15, 0.2) is 0 Å². The largest absolute Gasteiger partial charge is 0.465 e. The van der Waals surface area contributed by atoms with Gasteiger partial charge in [-0.2, -0.15) is 11.8 Å². The van der Waals surface area contributed by atoms with Crippen LogP contribution in [0.5, 0.6) is 0 Å². The Bertz CT molecular complexity index is 137. The molecule has 84 valence electrons. The fourth-order valence-electron chi connectivity index (χ4n) is 1.23. The van der Waals surface area contributed by atoms with Crippen molar-refractivity contribution in [2.75, 3.05) is 18.6 Å². The molecule has 0 saturated heterocycles. The van der Waals surface area contributed by atoms with Crippen molar-refractivity contribution in [1.82, 2.24) is 0 Å². The van der Waals surface area contributed by atoms with Crippen LogP contribution >= 0.6 is 11.8 Å². The molecule has 0 aromatic heterocycles. The summed E-state index contributed by atoms with van der Waals surface area (Å²) in [4.78, 5) is 10.9. The average molecular weight is 218 g/mol. The maximum atomic E-state index is 10.9. The molecule has 0 spiro atoms. The van der Waals surface area contributed by atoms with Crippen LogP contribution < -0.4 is 0 Å². The summed E-state index contributed by atoms with van der Waals surface area (Å²) in [6.45, 7) is 2.82. The second-order valence-electron chi connectivity index (χ2n) is 3.42. The summed E-state index contributed by atoms with van der Waals surface area (Å²) < 4.78 is 5.03. The van der Waals surface area contributed by atoms with Gasteiger partial charge in [0.1, 0.15) is 0 Å². The number of esters is 1. The molecule has 0 radical (unpaired) electrons. The van der Waals surface area contributed by atoms with Crippen LogP contribution in [0.2, 0.25) is 0 Å². The van der Waals surface area contributed by atoms with Crippen molar-refractivity contribution >= 4 is 17.7 Å². The molecule has 0 atom stereocenters. The number of hydrogen-bond acceptors (Lipinski definition) is 3. The highest BCUT2D eigenvalue weighted by Crippen LogP contribution is 2.05. The van der Waals surface area contributed by atoms with E-state index in [1.165, 1.54) is 43.9 Å². The van der Waals surface area contributed by atoms with Gasteiger partial charge < -0.3 is 4.74 Å². The van der Waals surface area contributed by atoms with E-state index >= 15 is 0 Å². The van der Waals surface area contributed by atoms with Crippen molar-refractivity contribution in [2.45, 2.75) is 45.4 Å². The summed E-state index contributed by atoms with van der Waals surface area (Å²) in [6, 6.07) is 0. The molecular weight excluding hydrogens is 196 g/mol. The molecule has 0 aliphatic carbocycles. The Kier molecular flexibility index (Phi) is 10.8. The lowest BCUT2D eigenvalue weighted by Crippen LogP contribution is -2.07. The lowest BCUT2D eigenvalue weighted by Gasteiger charge is -2.03. The topological polar surface area (TPSA) is 26.3 Å². The Morgan fingerprint density at radius 2 is 1.79 bits per heavy atom. The van der Waals surface area contributed by atoms with Crippen LogP contribution in [0.25, 0.3) is 0 Å². The first-order chi connectivity index (χ1) is 6.81. The number of unbranched alkanes of at least 4 members (excludes halogenated alkanes) is 5. The van der Waals surface area contributed by atoms with Gasteiger partial charge in [0.25, 0.3) is 0 Å². The molecule has 0 rings (SSSR count). The zero-order valence-electron chi connectivity index (χ0n) is 9.38. The summed E-state index contributed by atoms with van der Waals surface area (Å²) in [6.07, 6.45) is 9.31. The lowest BCUT2D eigenvalue weighted by atomic mass is 10.1. The van der Waals surface area contributed by atoms with Gasteiger partial charge in [-0.1, -0.05) is 39.0 Å². The van der Waals surface area contributed by atoms with E-state index in [1.54, 1.807) is 0 Å². The van der Waals surface area contributed by atoms with Gasteiger partial charge in [-0.25, -0.2) is 0 Å². The average Bonchev–Trinajstić information content (AvgIpc) is 2.17. The molecule has 0 N–H and O–H groups in total. The molecule has 0 aliphatic heterocycles. The molecule has 0 unspecified atom stereocenters.